The van der Waals surface area contributed by atoms with E-state index in [1.165, 1.54) is 14.2 Å². The first-order valence-corrected chi connectivity index (χ1v) is 11.3. The summed E-state index contributed by atoms with van der Waals surface area (Å²) in [6.45, 7) is 0. The molecule has 1 atom stereocenters. The van der Waals surface area contributed by atoms with Crippen LogP contribution in [0.15, 0.2) is 60.7 Å². The Morgan fingerprint density at radius 2 is 1.33 bits per heavy atom. The lowest BCUT2D eigenvalue weighted by molar-refractivity contribution is 0.103. The second-order valence-electron chi connectivity index (χ2n) is 4.84. The van der Waals surface area contributed by atoms with Crippen LogP contribution in [-0.2, 0) is 18.1 Å². The molecule has 10 heteroatoms. The Hall–Kier alpha value is -0.240. The number of carbonyl (C=O) groups excluding carboxylic acids is 1. The minimum absolute atomic E-state index is 0.0752. The minimum Gasteiger partial charge on any atom is -0.290 e. The van der Waals surface area contributed by atoms with Gasteiger partial charge in [0.15, 0.2) is 10.8 Å². The summed E-state index contributed by atoms with van der Waals surface area (Å²) >= 11 is 17.0. The van der Waals surface area contributed by atoms with Crippen molar-refractivity contribution < 1.29 is 22.9 Å². The molecule has 0 radical (unpaired) electrons. The molecule has 2 rings (SSSR count). The molecule has 1 unspecified atom stereocenters. The van der Waals surface area contributed by atoms with Crippen LogP contribution in [-0.4, -0.2) is 28.3 Å². The Morgan fingerprint density at radius 1 is 0.963 bits per heavy atom. The van der Waals surface area contributed by atoms with Gasteiger partial charge < -0.3 is 0 Å². The topological polar surface area (TPSA) is 61.8 Å². The third-order valence-electron chi connectivity index (χ3n) is 3.00. The van der Waals surface area contributed by atoms with Gasteiger partial charge in [-0.3, -0.25) is 18.4 Å². The number of alkyl halides is 4. The lowest BCUT2D eigenvalue weighted by Gasteiger charge is -2.22. The van der Waals surface area contributed by atoms with E-state index in [0.29, 0.717) is 0 Å². The summed E-state index contributed by atoms with van der Waals surface area (Å²) in [6.07, 6.45) is 0. The molecule has 148 valence electrons. The zero-order valence-electron chi connectivity index (χ0n) is 14.4. The van der Waals surface area contributed by atoms with E-state index in [-0.39, 0.29) is 5.78 Å². The highest BCUT2D eigenvalue weighted by molar-refractivity contribution is 9.13. The number of rotatable bonds is 7. The van der Waals surface area contributed by atoms with Crippen LogP contribution in [0, 0.1) is 0 Å². The summed E-state index contributed by atoms with van der Waals surface area (Å²) in [5.41, 5.74) is 1.47. The molecule has 0 N–H and O–H groups in total. The van der Waals surface area contributed by atoms with Crippen molar-refractivity contribution in [3.05, 3.63) is 71.8 Å². The van der Waals surface area contributed by atoms with Crippen LogP contribution < -0.4 is 0 Å². The fourth-order valence-corrected chi connectivity index (χ4v) is 3.45. The number of halogens is 4. The van der Waals surface area contributed by atoms with Gasteiger partial charge in [0.25, 0.3) is 0 Å². The average Bonchev–Trinajstić information content (AvgIpc) is 2.68. The van der Waals surface area contributed by atoms with E-state index in [1.54, 1.807) is 0 Å². The molecule has 2 aromatic rings. The van der Waals surface area contributed by atoms with Gasteiger partial charge in [-0.15, -0.1) is 0 Å². The molecule has 0 heterocycles. The first-order valence-electron chi connectivity index (χ1n) is 7.38. The Morgan fingerprint density at radius 3 is 1.63 bits per heavy atom. The van der Waals surface area contributed by atoms with Crippen LogP contribution in [0.5, 0.6) is 0 Å². The maximum Gasteiger partial charge on any atom is 0.475 e. The standard InChI is InChI=1S/C13H10O.C4H7Br2Cl2O4P/c14-13(11-7-3-1-4-8-11)12-9-5-2-6-10-12;1-10-13(9,11-2)12-3(5)4(6,7)8/h1-10H;3H,1-2H3. The Balaban J connectivity index is 0.000000271. The molecule has 0 bridgehead atoms. The molecule has 0 aliphatic heterocycles. The van der Waals surface area contributed by atoms with Gasteiger partial charge in [-0.05, 0) is 15.9 Å². The predicted molar refractivity (Wildman–Crippen MR) is 115 cm³/mol. The molecule has 0 aliphatic rings. The minimum atomic E-state index is -3.58. The molecular weight excluding hydrogens is 546 g/mol. The number of phosphoric ester groups is 1. The molecule has 2 aromatic carbocycles. The van der Waals surface area contributed by atoms with Gasteiger partial charge >= 0.3 is 7.82 Å². The van der Waals surface area contributed by atoms with E-state index in [9.17, 15) is 9.36 Å². The largest absolute Gasteiger partial charge is 0.475 e. The molecule has 0 spiro atoms. The number of benzene rings is 2. The van der Waals surface area contributed by atoms with Crippen LogP contribution in [0.25, 0.3) is 0 Å². The van der Waals surface area contributed by atoms with Crippen molar-refractivity contribution in [2.45, 2.75) is 8.26 Å². The van der Waals surface area contributed by atoms with Gasteiger partial charge in [0.05, 0.1) is 0 Å². The highest BCUT2D eigenvalue weighted by Gasteiger charge is 2.38. The van der Waals surface area contributed by atoms with Crippen LogP contribution >= 0.6 is 62.9 Å². The molecule has 0 saturated carbocycles. The molecule has 5 nitrogen and oxygen atoms in total. The fraction of sp³-hybridized carbons (Fsp3) is 0.235. The maximum absolute atomic E-state index is 11.8. The van der Waals surface area contributed by atoms with Gasteiger partial charge in [0.1, 0.15) is 0 Å². The molecular formula is C17H17Br2Cl2O5P. The van der Waals surface area contributed by atoms with Gasteiger partial charge in [-0.25, -0.2) is 4.57 Å². The van der Waals surface area contributed by atoms with Crippen molar-refractivity contribution >= 4 is 68.7 Å². The monoisotopic (exact) mass is 560 g/mol. The molecule has 0 aliphatic carbocycles. The second-order valence-corrected chi connectivity index (χ2v) is 11.1. The van der Waals surface area contributed by atoms with Crippen molar-refractivity contribution in [3.63, 3.8) is 0 Å². The smallest absolute Gasteiger partial charge is 0.290 e. The Labute approximate surface area is 185 Å². The summed E-state index contributed by atoms with van der Waals surface area (Å²) in [4.78, 5) is 11.8. The quantitative estimate of drug-likeness (QED) is 0.217. The molecule has 0 aromatic heterocycles. The number of carbonyl (C=O) groups is 1. The van der Waals surface area contributed by atoms with Crippen LogP contribution in [0.1, 0.15) is 15.9 Å². The van der Waals surface area contributed by atoms with Crippen molar-refractivity contribution in [3.8, 4) is 0 Å². The average molecular weight is 563 g/mol. The SMILES string of the molecule is COP(=O)(OC)OC(Br)C(Cl)(Cl)Br.O=C(c1ccccc1)c1ccccc1. The van der Waals surface area contributed by atoms with Gasteiger partial charge in [-0.1, -0.05) is 99.8 Å². The molecule has 0 amide bonds. The summed E-state index contributed by atoms with van der Waals surface area (Å²) < 4.78 is 23.8. The highest BCUT2D eigenvalue weighted by Crippen LogP contribution is 2.53. The zero-order valence-corrected chi connectivity index (χ0v) is 19.9. The Kier molecular flexibility index (Phi) is 10.7. The van der Waals surface area contributed by atoms with E-state index in [4.69, 9.17) is 27.7 Å². The maximum atomic E-state index is 11.8. The summed E-state index contributed by atoms with van der Waals surface area (Å²) in [5, 5.41) is -0.936. The molecule has 27 heavy (non-hydrogen) atoms. The number of phosphoric acid groups is 1. The first kappa shape index (κ1) is 24.8. The summed E-state index contributed by atoms with van der Waals surface area (Å²) in [7, 11) is -1.21. The second kappa shape index (κ2) is 11.7. The van der Waals surface area contributed by atoms with Crippen molar-refractivity contribution in [1.82, 2.24) is 0 Å². The third-order valence-corrected chi connectivity index (χ3v) is 7.48. The van der Waals surface area contributed by atoms with E-state index < -0.39 is 16.1 Å². The van der Waals surface area contributed by atoms with Gasteiger partial charge in [0, 0.05) is 25.3 Å². The van der Waals surface area contributed by atoms with E-state index in [1.807, 2.05) is 60.7 Å². The fourth-order valence-electron chi connectivity index (χ4n) is 1.68. The first-order chi connectivity index (χ1) is 12.6. The number of hydrogen-bond acceptors (Lipinski definition) is 5. The summed E-state index contributed by atoms with van der Waals surface area (Å²) in [6, 6.07) is 18.6. The van der Waals surface area contributed by atoms with E-state index >= 15 is 0 Å². The van der Waals surface area contributed by atoms with Crippen LogP contribution in [0.4, 0.5) is 0 Å². The zero-order chi connectivity index (χ0) is 20.5. The van der Waals surface area contributed by atoms with Crippen molar-refractivity contribution in [2.24, 2.45) is 0 Å². The lowest BCUT2D eigenvalue weighted by Crippen LogP contribution is -2.21. The number of ketones is 1. The normalized spacial score (nSPS) is 12.7. The van der Waals surface area contributed by atoms with E-state index in [0.717, 1.165) is 11.1 Å². The van der Waals surface area contributed by atoms with Gasteiger partial charge in [-0.2, -0.15) is 0 Å². The number of hydrogen-bond donors (Lipinski definition) is 0. The van der Waals surface area contributed by atoms with Crippen molar-refractivity contribution in [1.29, 1.82) is 0 Å². The summed E-state index contributed by atoms with van der Waals surface area (Å²) in [5.74, 6) is 0.0752. The Bertz CT molecular complexity index is 707. The lowest BCUT2D eigenvalue weighted by atomic mass is 10.0. The van der Waals surface area contributed by atoms with Crippen LogP contribution in [0.3, 0.4) is 0 Å². The van der Waals surface area contributed by atoms with Crippen molar-refractivity contribution in [2.75, 3.05) is 14.2 Å². The third kappa shape index (κ3) is 8.75. The molecule has 0 fully saturated rings. The predicted octanol–water partition coefficient (Wildman–Crippen LogP) is 6.57. The van der Waals surface area contributed by atoms with E-state index in [2.05, 4.69) is 40.9 Å². The van der Waals surface area contributed by atoms with Gasteiger partial charge in [0.2, 0.25) is 3.24 Å². The highest BCUT2D eigenvalue weighted by atomic mass is 79.9. The molecule has 0 saturated heterocycles. The van der Waals surface area contributed by atoms with Crippen LogP contribution in [0.2, 0.25) is 0 Å².